The van der Waals surface area contributed by atoms with Crippen LogP contribution in [0, 0.1) is 5.82 Å². The molecule has 1 aromatic rings. The maximum atomic E-state index is 13.2. The molecule has 3 nitrogen and oxygen atoms in total. The molecule has 0 aliphatic rings. The lowest BCUT2D eigenvalue weighted by Gasteiger charge is -2.06. The van der Waals surface area contributed by atoms with Gasteiger partial charge in [-0.15, -0.1) is 0 Å². The summed E-state index contributed by atoms with van der Waals surface area (Å²) >= 11 is 0. The van der Waals surface area contributed by atoms with Gasteiger partial charge in [-0.2, -0.15) is 0 Å². The minimum absolute atomic E-state index is 0.00954. The molecule has 0 atom stereocenters. The second kappa shape index (κ2) is 3.96. The van der Waals surface area contributed by atoms with Gasteiger partial charge in [0.2, 0.25) is 10.0 Å². The van der Waals surface area contributed by atoms with Gasteiger partial charge < -0.3 is 0 Å². The maximum absolute atomic E-state index is 13.2. The van der Waals surface area contributed by atoms with Crippen LogP contribution in [0.1, 0.15) is 12.5 Å². The first-order chi connectivity index (χ1) is 6.42. The Morgan fingerprint density at radius 2 is 2.07 bits per heavy atom. The summed E-state index contributed by atoms with van der Waals surface area (Å²) in [4.78, 5) is 0. The zero-order valence-corrected chi connectivity index (χ0v) is 8.86. The van der Waals surface area contributed by atoms with E-state index in [0.717, 1.165) is 18.2 Å². The van der Waals surface area contributed by atoms with E-state index in [4.69, 9.17) is 0 Å². The van der Waals surface area contributed by atoms with Gasteiger partial charge in [0, 0.05) is 0 Å². The summed E-state index contributed by atoms with van der Waals surface area (Å²) in [7, 11) is -3.41. The zero-order valence-electron chi connectivity index (χ0n) is 8.04. The molecule has 1 N–H and O–H groups in total. The van der Waals surface area contributed by atoms with E-state index in [1.807, 2.05) is 6.92 Å². The second-order valence-corrected chi connectivity index (χ2v) is 4.79. The Balaban J connectivity index is 3.01. The van der Waals surface area contributed by atoms with Crippen LogP contribution in [-0.2, 0) is 16.4 Å². The Morgan fingerprint density at radius 3 is 2.50 bits per heavy atom. The lowest BCUT2D eigenvalue weighted by Crippen LogP contribution is -2.10. The molecule has 0 heterocycles. The Bertz CT molecular complexity index is 428. The van der Waals surface area contributed by atoms with Crippen molar-refractivity contribution in [3.63, 3.8) is 0 Å². The number of hydrogen-bond acceptors (Lipinski definition) is 2. The van der Waals surface area contributed by atoms with Gasteiger partial charge in [0.1, 0.15) is 5.82 Å². The van der Waals surface area contributed by atoms with Crippen LogP contribution in [0.3, 0.4) is 0 Å². The number of benzene rings is 1. The SMILES string of the molecule is CCc1ccc(NS(C)(=O)=O)c(F)c1. The fourth-order valence-corrected chi connectivity index (χ4v) is 1.63. The van der Waals surface area contributed by atoms with Gasteiger partial charge in [-0.1, -0.05) is 13.0 Å². The lowest BCUT2D eigenvalue weighted by molar-refractivity contribution is 0.603. The summed E-state index contributed by atoms with van der Waals surface area (Å²) in [5, 5.41) is 0. The highest BCUT2D eigenvalue weighted by Crippen LogP contribution is 2.16. The Kier molecular flexibility index (Phi) is 3.10. The van der Waals surface area contributed by atoms with E-state index in [9.17, 15) is 12.8 Å². The molecule has 14 heavy (non-hydrogen) atoms. The molecule has 0 saturated heterocycles. The Hall–Kier alpha value is -1.10. The van der Waals surface area contributed by atoms with E-state index in [1.54, 1.807) is 6.07 Å². The normalized spacial score (nSPS) is 11.4. The smallest absolute Gasteiger partial charge is 0.229 e. The van der Waals surface area contributed by atoms with Gasteiger partial charge in [0.25, 0.3) is 0 Å². The highest BCUT2D eigenvalue weighted by Gasteiger charge is 2.07. The molecule has 0 amide bonds. The van der Waals surface area contributed by atoms with Gasteiger partial charge >= 0.3 is 0 Å². The van der Waals surface area contributed by atoms with Crippen LogP contribution < -0.4 is 4.72 Å². The standard InChI is InChI=1S/C9H12FNO2S/c1-3-7-4-5-9(8(10)6-7)11-14(2,12)13/h4-6,11H,3H2,1-2H3. The molecule has 0 fully saturated rings. The van der Waals surface area contributed by atoms with Crippen molar-refractivity contribution in [2.75, 3.05) is 11.0 Å². The van der Waals surface area contributed by atoms with Crippen LogP contribution in [0.2, 0.25) is 0 Å². The van der Waals surface area contributed by atoms with Crippen molar-refractivity contribution in [3.05, 3.63) is 29.6 Å². The first-order valence-electron chi connectivity index (χ1n) is 4.18. The number of hydrogen-bond donors (Lipinski definition) is 1. The number of nitrogens with one attached hydrogen (secondary N) is 1. The van der Waals surface area contributed by atoms with Gasteiger partial charge in [-0.05, 0) is 24.1 Å². The van der Waals surface area contributed by atoms with E-state index in [1.165, 1.54) is 12.1 Å². The molecule has 0 aromatic heterocycles. The van der Waals surface area contributed by atoms with Crippen LogP contribution in [0.4, 0.5) is 10.1 Å². The van der Waals surface area contributed by atoms with Crippen LogP contribution in [0.15, 0.2) is 18.2 Å². The zero-order chi connectivity index (χ0) is 10.8. The van der Waals surface area contributed by atoms with Crippen LogP contribution in [0.25, 0.3) is 0 Å². The highest BCUT2D eigenvalue weighted by atomic mass is 32.2. The number of sulfonamides is 1. The van der Waals surface area contributed by atoms with Crippen LogP contribution >= 0.6 is 0 Å². The third kappa shape index (κ3) is 2.99. The second-order valence-electron chi connectivity index (χ2n) is 3.04. The van der Waals surface area contributed by atoms with E-state index in [-0.39, 0.29) is 5.69 Å². The summed E-state index contributed by atoms with van der Waals surface area (Å²) in [6.45, 7) is 1.90. The number of rotatable bonds is 3. The van der Waals surface area contributed by atoms with E-state index in [2.05, 4.69) is 4.72 Å². The molecular formula is C9H12FNO2S. The predicted octanol–water partition coefficient (Wildman–Crippen LogP) is 1.76. The average Bonchev–Trinajstić information content (AvgIpc) is 2.06. The van der Waals surface area contributed by atoms with Gasteiger partial charge in [0.15, 0.2) is 0 Å². The fourth-order valence-electron chi connectivity index (χ4n) is 1.06. The van der Waals surface area contributed by atoms with Crippen LogP contribution in [-0.4, -0.2) is 14.7 Å². The Labute approximate surface area is 83.0 Å². The topological polar surface area (TPSA) is 46.2 Å². The largest absolute Gasteiger partial charge is 0.281 e. The summed E-state index contributed by atoms with van der Waals surface area (Å²) in [5.41, 5.74) is 0.825. The molecule has 1 rings (SSSR count). The Morgan fingerprint density at radius 1 is 1.43 bits per heavy atom. The van der Waals surface area contributed by atoms with Crippen molar-refractivity contribution >= 4 is 15.7 Å². The number of aryl methyl sites for hydroxylation is 1. The third-order valence-electron chi connectivity index (χ3n) is 1.74. The minimum atomic E-state index is -3.41. The molecule has 0 radical (unpaired) electrons. The first kappa shape index (κ1) is 11.0. The maximum Gasteiger partial charge on any atom is 0.229 e. The van der Waals surface area contributed by atoms with E-state index < -0.39 is 15.8 Å². The highest BCUT2D eigenvalue weighted by molar-refractivity contribution is 7.92. The first-order valence-corrected chi connectivity index (χ1v) is 6.07. The number of anilines is 1. The summed E-state index contributed by atoms with van der Waals surface area (Å²) in [5.74, 6) is -0.547. The van der Waals surface area contributed by atoms with Gasteiger partial charge in [0.05, 0.1) is 11.9 Å². The van der Waals surface area contributed by atoms with Gasteiger partial charge in [-0.3, -0.25) is 4.72 Å². The monoisotopic (exact) mass is 217 g/mol. The quantitative estimate of drug-likeness (QED) is 0.838. The average molecular weight is 217 g/mol. The predicted molar refractivity (Wildman–Crippen MR) is 54.2 cm³/mol. The van der Waals surface area contributed by atoms with Crippen molar-refractivity contribution in [1.82, 2.24) is 0 Å². The summed E-state index contributed by atoms with van der Waals surface area (Å²) in [6, 6.07) is 4.44. The minimum Gasteiger partial charge on any atom is -0.281 e. The van der Waals surface area contributed by atoms with Crippen molar-refractivity contribution in [2.45, 2.75) is 13.3 Å². The molecular weight excluding hydrogens is 205 g/mol. The molecule has 0 aliphatic carbocycles. The van der Waals surface area contributed by atoms with Gasteiger partial charge in [-0.25, -0.2) is 12.8 Å². The molecule has 0 unspecified atom stereocenters. The van der Waals surface area contributed by atoms with Crippen LogP contribution in [0.5, 0.6) is 0 Å². The molecule has 0 saturated carbocycles. The third-order valence-corrected chi connectivity index (χ3v) is 2.33. The molecule has 0 spiro atoms. The molecule has 0 aliphatic heterocycles. The van der Waals surface area contributed by atoms with Crippen molar-refractivity contribution in [2.24, 2.45) is 0 Å². The van der Waals surface area contributed by atoms with Crippen molar-refractivity contribution in [3.8, 4) is 0 Å². The van der Waals surface area contributed by atoms with E-state index in [0.29, 0.717) is 0 Å². The number of halogens is 1. The lowest BCUT2D eigenvalue weighted by atomic mass is 10.1. The molecule has 78 valence electrons. The summed E-state index contributed by atoms with van der Waals surface area (Å²) in [6.07, 6.45) is 1.70. The van der Waals surface area contributed by atoms with Crippen molar-refractivity contribution in [1.29, 1.82) is 0 Å². The fraction of sp³-hybridized carbons (Fsp3) is 0.333. The van der Waals surface area contributed by atoms with Crippen molar-refractivity contribution < 1.29 is 12.8 Å². The van der Waals surface area contributed by atoms with E-state index >= 15 is 0 Å². The molecule has 1 aromatic carbocycles. The summed E-state index contributed by atoms with van der Waals surface area (Å²) < 4.78 is 37.0. The molecule has 5 heteroatoms. The molecule has 0 bridgehead atoms.